The number of fused-ring (bicyclic) bond motifs is 1. The third-order valence-electron chi connectivity index (χ3n) is 5.00. The Hall–Kier alpha value is -3.50. The summed E-state index contributed by atoms with van der Waals surface area (Å²) in [6, 6.07) is 22.7. The van der Waals surface area contributed by atoms with Crippen LogP contribution in [0, 0.1) is 0 Å². The van der Waals surface area contributed by atoms with Crippen molar-refractivity contribution in [2.45, 2.75) is 13.0 Å². The number of carbonyl (C=O) groups is 2. The number of benzene rings is 2. The summed E-state index contributed by atoms with van der Waals surface area (Å²) < 4.78 is 1.94. The molecular weight excluding hydrogens is 348 g/mol. The third-order valence-corrected chi connectivity index (χ3v) is 5.00. The van der Waals surface area contributed by atoms with E-state index in [9.17, 15) is 9.59 Å². The molecule has 138 valence electrons. The highest BCUT2D eigenvalue weighted by molar-refractivity contribution is 6.02. The zero-order valence-corrected chi connectivity index (χ0v) is 15.3. The van der Waals surface area contributed by atoms with E-state index in [0.717, 1.165) is 34.2 Å². The summed E-state index contributed by atoms with van der Waals surface area (Å²) in [5.41, 5.74) is 11.3. The molecule has 0 radical (unpaired) electrons. The van der Waals surface area contributed by atoms with Crippen LogP contribution in [0.4, 0.5) is 0 Å². The number of nitrogens with zero attached hydrogens (tertiary/aromatic N) is 1. The normalized spacial score (nSPS) is 10.9. The zero-order valence-electron chi connectivity index (χ0n) is 15.3. The molecular formula is C24H20N2O2. The Kier molecular flexibility index (Phi) is 4.87. The molecule has 0 aliphatic rings. The van der Waals surface area contributed by atoms with E-state index >= 15 is 0 Å². The van der Waals surface area contributed by atoms with Crippen LogP contribution in [0.3, 0.4) is 0 Å². The minimum atomic E-state index is 0.0149. The summed E-state index contributed by atoms with van der Waals surface area (Å²) in [7, 11) is 0. The molecule has 0 saturated carbocycles. The number of rotatable bonds is 6. The minimum absolute atomic E-state index is 0.0149. The molecule has 4 aromatic rings. The number of aromatic nitrogens is 1. The van der Waals surface area contributed by atoms with Gasteiger partial charge in [-0.3, -0.25) is 9.59 Å². The molecule has 0 saturated heterocycles. The van der Waals surface area contributed by atoms with Crippen molar-refractivity contribution in [3.63, 3.8) is 0 Å². The maximum Gasteiger partial charge on any atom is 0.168 e. The summed E-state index contributed by atoms with van der Waals surface area (Å²) >= 11 is 0. The first-order chi connectivity index (χ1) is 13.7. The van der Waals surface area contributed by atoms with E-state index in [1.165, 1.54) is 0 Å². The fourth-order valence-corrected chi connectivity index (χ4v) is 3.60. The lowest BCUT2D eigenvalue weighted by atomic mass is 9.96. The monoisotopic (exact) mass is 368 g/mol. The lowest BCUT2D eigenvalue weighted by molar-refractivity contribution is 0.0991. The molecule has 4 nitrogen and oxygen atoms in total. The molecule has 0 aliphatic carbocycles. The molecule has 0 amide bonds. The first-order valence-electron chi connectivity index (χ1n) is 9.17. The molecule has 0 unspecified atom stereocenters. The van der Waals surface area contributed by atoms with Crippen LogP contribution in [0.5, 0.6) is 0 Å². The van der Waals surface area contributed by atoms with Crippen molar-refractivity contribution in [2.24, 2.45) is 5.73 Å². The summed E-state index contributed by atoms with van der Waals surface area (Å²) in [6.45, 7) is 0.456. The minimum Gasteiger partial charge on any atom is -0.326 e. The van der Waals surface area contributed by atoms with Crippen molar-refractivity contribution in [3.05, 3.63) is 101 Å². The van der Waals surface area contributed by atoms with E-state index in [0.29, 0.717) is 17.7 Å². The van der Waals surface area contributed by atoms with Gasteiger partial charge in [0.15, 0.2) is 12.1 Å². The number of hydrogen-bond acceptors (Lipinski definition) is 3. The first-order valence-corrected chi connectivity index (χ1v) is 9.17. The van der Waals surface area contributed by atoms with Gasteiger partial charge >= 0.3 is 0 Å². The molecule has 0 spiro atoms. The molecule has 0 atom stereocenters. The maximum absolute atomic E-state index is 12.9. The molecule has 2 aromatic carbocycles. The Balaban J connectivity index is 1.90. The third kappa shape index (κ3) is 3.15. The first kappa shape index (κ1) is 17.9. The van der Waals surface area contributed by atoms with Crippen LogP contribution in [0.1, 0.15) is 32.0 Å². The highest BCUT2D eigenvalue weighted by atomic mass is 16.1. The average Bonchev–Trinajstić information content (AvgIpc) is 3.07. The van der Waals surface area contributed by atoms with Crippen molar-refractivity contribution in [3.8, 4) is 11.1 Å². The van der Waals surface area contributed by atoms with E-state index in [4.69, 9.17) is 5.73 Å². The summed E-state index contributed by atoms with van der Waals surface area (Å²) in [6.07, 6.45) is 2.97. The largest absolute Gasteiger partial charge is 0.326 e. The summed E-state index contributed by atoms with van der Waals surface area (Å²) in [5, 5.41) is 0. The average molecular weight is 368 g/mol. The smallest absolute Gasteiger partial charge is 0.168 e. The Morgan fingerprint density at radius 3 is 2.32 bits per heavy atom. The zero-order chi connectivity index (χ0) is 19.5. The van der Waals surface area contributed by atoms with Gasteiger partial charge in [0.2, 0.25) is 0 Å². The van der Waals surface area contributed by atoms with Crippen molar-refractivity contribution in [2.75, 3.05) is 0 Å². The fourth-order valence-electron chi connectivity index (χ4n) is 3.60. The highest BCUT2D eigenvalue weighted by Crippen LogP contribution is 2.33. The Morgan fingerprint density at radius 2 is 1.64 bits per heavy atom. The molecule has 2 aromatic heterocycles. The van der Waals surface area contributed by atoms with Gasteiger partial charge < -0.3 is 10.1 Å². The van der Waals surface area contributed by atoms with E-state index in [1.807, 2.05) is 83.4 Å². The topological polar surface area (TPSA) is 64.6 Å². The Morgan fingerprint density at radius 1 is 0.929 bits per heavy atom. The molecule has 2 N–H and O–H groups in total. The van der Waals surface area contributed by atoms with Crippen LogP contribution in [-0.2, 0) is 13.0 Å². The molecule has 4 heteroatoms. The van der Waals surface area contributed by atoms with E-state index in [2.05, 4.69) is 0 Å². The van der Waals surface area contributed by atoms with Gasteiger partial charge in [0.05, 0.1) is 11.9 Å². The molecule has 4 rings (SSSR count). The van der Waals surface area contributed by atoms with Gasteiger partial charge in [0.25, 0.3) is 0 Å². The van der Waals surface area contributed by atoms with Crippen molar-refractivity contribution >= 4 is 17.6 Å². The van der Waals surface area contributed by atoms with Crippen LogP contribution in [-0.4, -0.2) is 16.5 Å². The van der Waals surface area contributed by atoms with E-state index in [-0.39, 0.29) is 12.2 Å². The van der Waals surface area contributed by atoms with Crippen molar-refractivity contribution < 1.29 is 9.59 Å². The predicted octanol–water partition coefficient (Wildman–Crippen LogP) is 4.30. The lowest BCUT2D eigenvalue weighted by Crippen LogP contribution is -2.07. The molecule has 0 aliphatic heterocycles. The van der Waals surface area contributed by atoms with Crippen LogP contribution in [0.15, 0.2) is 79.0 Å². The van der Waals surface area contributed by atoms with Gasteiger partial charge in [0.1, 0.15) is 0 Å². The molecule has 2 heterocycles. The van der Waals surface area contributed by atoms with E-state index in [1.54, 1.807) is 0 Å². The maximum atomic E-state index is 12.9. The van der Waals surface area contributed by atoms with Gasteiger partial charge in [-0.05, 0) is 23.3 Å². The number of Topliss-reactive ketones (excluding diaryl/α,β-unsaturated/α-hetero) is 1. The fraction of sp³-hybridized carbons (Fsp3) is 0.0833. The van der Waals surface area contributed by atoms with Gasteiger partial charge in [-0.2, -0.15) is 0 Å². The Labute approximate surface area is 163 Å². The second kappa shape index (κ2) is 7.62. The SMILES string of the molecule is NCc1ccc(-c2c(C=O)c3ccccn3c2CC(=O)c2ccccc2)cc1. The number of carbonyl (C=O) groups excluding carboxylic acids is 2. The van der Waals surface area contributed by atoms with Crippen LogP contribution >= 0.6 is 0 Å². The van der Waals surface area contributed by atoms with Gasteiger partial charge in [0, 0.05) is 35.1 Å². The molecule has 28 heavy (non-hydrogen) atoms. The summed E-state index contributed by atoms with van der Waals surface area (Å²) in [5.74, 6) is 0.0149. The number of pyridine rings is 1. The van der Waals surface area contributed by atoms with Gasteiger partial charge in [-0.15, -0.1) is 0 Å². The Bertz CT molecular complexity index is 1140. The standard InChI is InChI=1S/C24H20N2O2/c25-15-17-9-11-19(12-10-17)24-20(16-27)21-8-4-5-13-26(21)22(24)14-23(28)18-6-2-1-3-7-18/h1-13,16H,14-15,25H2. The second-order valence-electron chi connectivity index (χ2n) is 6.68. The van der Waals surface area contributed by atoms with Crippen LogP contribution in [0.2, 0.25) is 0 Å². The van der Waals surface area contributed by atoms with E-state index < -0.39 is 0 Å². The van der Waals surface area contributed by atoms with Crippen LogP contribution < -0.4 is 5.73 Å². The number of nitrogens with two attached hydrogens (primary N) is 1. The van der Waals surface area contributed by atoms with Gasteiger partial charge in [-0.25, -0.2) is 0 Å². The van der Waals surface area contributed by atoms with Crippen molar-refractivity contribution in [1.82, 2.24) is 4.40 Å². The lowest BCUT2D eigenvalue weighted by Gasteiger charge is -2.08. The quantitative estimate of drug-likeness (QED) is 0.408. The predicted molar refractivity (Wildman–Crippen MR) is 111 cm³/mol. The van der Waals surface area contributed by atoms with Crippen LogP contribution in [0.25, 0.3) is 16.6 Å². The number of aldehydes is 1. The highest BCUT2D eigenvalue weighted by Gasteiger charge is 2.21. The second-order valence-corrected chi connectivity index (χ2v) is 6.68. The summed E-state index contributed by atoms with van der Waals surface area (Å²) in [4.78, 5) is 24.9. The van der Waals surface area contributed by atoms with Gasteiger partial charge in [-0.1, -0.05) is 60.7 Å². The number of hydrogen-bond donors (Lipinski definition) is 1. The molecule has 0 fully saturated rings. The van der Waals surface area contributed by atoms with Crippen molar-refractivity contribution in [1.29, 1.82) is 0 Å². The number of ketones is 1. The molecule has 0 bridgehead atoms.